The Morgan fingerprint density at radius 1 is 1.41 bits per heavy atom. The van der Waals surface area contributed by atoms with Crippen LogP contribution in [0.5, 0.6) is 0 Å². The highest BCUT2D eigenvalue weighted by Crippen LogP contribution is 2.37. The molecular weight excluding hydrogens is 251 g/mol. The molecule has 0 aromatic heterocycles. The third kappa shape index (κ3) is 2.57. The van der Waals surface area contributed by atoms with Crippen LogP contribution in [-0.2, 0) is 11.0 Å². The van der Waals surface area contributed by atoms with Gasteiger partial charge in [-0.25, -0.2) is 0 Å². The molecule has 6 heteroatoms. The summed E-state index contributed by atoms with van der Waals surface area (Å²) in [6.45, 7) is 1.75. The molecule has 0 spiro atoms. The highest BCUT2D eigenvalue weighted by atomic mass is 32.2. The number of nitrogens with one attached hydrogen (secondary N) is 1. The van der Waals surface area contributed by atoms with Gasteiger partial charge in [0.15, 0.2) is 0 Å². The van der Waals surface area contributed by atoms with Crippen LogP contribution < -0.4 is 5.32 Å². The summed E-state index contributed by atoms with van der Waals surface area (Å²) in [4.78, 5) is 12.0. The van der Waals surface area contributed by atoms with Gasteiger partial charge in [-0.05, 0) is 18.2 Å². The maximum atomic E-state index is 12.5. The lowest BCUT2D eigenvalue weighted by Crippen LogP contribution is -2.20. The quantitative estimate of drug-likeness (QED) is 0.775. The number of fused-ring (bicyclic) bond motifs is 1. The summed E-state index contributed by atoms with van der Waals surface area (Å²) in [6.07, 6.45) is -4.35. The van der Waals surface area contributed by atoms with Gasteiger partial charge in [0, 0.05) is 16.6 Å². The van der Waals surface area contributed by atoms with E-state index in [0.717, 1.165) is 12.1 Å². The van der Waals surface area contributed by atoms with Crippen molar-refractivity contribution in [2.75, 3.05) is 11.1 Å². The molecular formula is C11H10F3NOS. The Labute approximate surface area is 101 Å². The molecule has 0 fully saturated rings. The van der Waals surface area contributed by atoms with E-state index in [-0.39, 0.29) is 11.8 Å². The second-order valence-corrected chi connectivity index (χ2v) is 4.97. The average molecular weight is 261 g/mol. The predicted octanol–water partition coefficient (Wildman–Crippen LogP) is 3.39. The molecule has 0 aliphatic carbocycles. The zero-order valence-corrected chi connectivity index (χ0v) is 9.78. The van der Waals surface area contributed by atoms with E-state index < -0.39 is 11.7 Å². The molecule has 1 aliphatic heterocycles. The highest BCUT2D eigenvalue weighted by molar-refractivity contribution is 7.99. The number of alkyl halides is 3. The summed E-state index contributed by atoms with van der Waals surface area (Å²) >= 11 is 1.27. The van der Waals surface area contributed by atoms with E-state index in [1.54, 1.807) is 6.92 Å². The zero-order chi connectivity index (χ0) is 12.6. The Morgan fingerprint density at radius 2 is 2.12 bits per heavy atom. The number of anilines is 1. The maximum Gasteiger partial charge on any atom is 0.416 e. The number of rotatable bonds is 0. The van der Waals surface area contributed by atoms with E-state index in [4.69, 9.17) is 0 Å². The monoisotopic (exact) mass is 261 g/mol. The highest BCUT2D eigenvalue weighted by Gasteiger charge is 2.32. The van der Waals surface area contributed by atoms with Crippen LogP contribution in [0.15, 0.2) is 23.1 Å². The van der Waals surface area contributed by atoms with Crippen LogP contribution in [-0.4, -0.2) is 11.7 Å². The molecule has 2 nitrogen and oxygen atoms in total. The van der Waals surface area contributed by atoms with Crippen molar-refractivity contribution in [2.45, 2.75) is 18.0 Å². The molecule has 2 rings (SSSR count). The smallest absolute Gasteiger partial charge is 0.325 e. The predicted molar refractivity (Wildman–Crippen MR) is 60.0 cm³/mol. The van der Waals surface area contributed by atoms with Gasteiger partial charge in [-0.2, -0.15) is 13.2 Å². The first-order valence-corrected chi connectivity index (χ1v) is 6.01. The van der Waals surface area contributed by atoms with Crippen LogP contribution in [0.25, 0.3) is 0 Å². The summed E-state index contributed by atoms with van der Waals surface area (Å²) in [6, 6.07) is 3.37. The van der Waals surface area contributed by atoms with Crippen LogP contribution in [0.2, 0.25) is 0 Å². The van der Waals surface area contributed by atoms with E-state index in [9.17, 15) is 18.0 Å². The number of carbonyl (C=O) groups excluding carboxylic acids is 1. The van der Waals surface area contributed by atoms with Crippen LogP contribution in [0, 0.1) is 5.92 Å². The van der Waals surface area contributed by atoms with Crippen LogP contribution in [0.3, 0.4) is 0 Å². The number of halogens is 3. The lowest BCUT2D eigenvalue weighted by molar-refractivity contribution is -0.137. The molecule has 1 aromatic carbocycles. The second kappa shape index (κ2) is 4.25. The minimum atomic E-state index is -4.35. The second-order valence-electron chi connectivity index (χ2n) is 3.91. The van der Waals surface area contributed by atoms with Crippen molar-refractivity contribution in [1.29, 1.82) is 0 Å². The van der Waals surface area contributed by atoms with Crippen LogP contribution >= 0.6 is 11.8 Å². The molecule has 1 N–H and O–H groups in total. The standard InChI is InChI=1S/C11H10F3NOS/c1-6-5-17-9-4-7(11(12,13)14)2-3-8(9)15-10(6)16/h2-4,6H,5H2,1H3,(H,15,16). The third-order valence-corrected chi connectivity index (χ3v) is 3.82. The maximum absolute atomic E-state index is 12.5. The lowest BCUT2D eigenvalue weighted by atomic mass is 10.1. The molecule has 1 aromatic rings. The number of thioether (sulfide) groups is 1. The van der Waals surface area contributed by atoms with E-state index >= 15 is 0 Å². The lowest BCUT2D eigenvalue weighted by Gasteiger charge is -2.10. The Bertz CT molecular complexity index is 459. The fraction of sp³-hybridized carbons (Fsp3) is 0.364. The van der Waals surface area contributed by atoms with Crippen LogP contribution in [0.4, 0.5) is 18.9 Å². The fourth-order valence-corrected chi connectivity index (χ4v) is 2.53. The molecule has 0 radical (unpaired) electrons. The molecule has 17 heavy (non-hydrogen) atoms. The van der Waals surface area contributed by atoms with Crippen molar-refractivity contribution >= 4 is 23.4 Å². The van der Waals surface area contributed by atoms with Gasteiger partial charge in [0.1, 0.15) is 0 Å². The first-order chi connectivity index (χ1) is 7.88. The number of benzene rings is 1. The normalized spacial score (nSPS) is 20.5. The van der Waals surface area contributed by atoms with Crippen molar-refractivity contribution in [3.8, 4) is 0 Å². The Hall–Kier alpha value is -1.17. The van der Waals surface area contributed by atoms with E-state index in [1.807, 2.05) is 0 Å². The van der Waals surface area contributed by atoms with Crippen molar-refractivity contribution in [1.82, 2.24) is 0 Å². The van der Waals surface area contributed by atoms with Gasteiger partial charge in [-0.1, -0.05) is 6.92 Å². The Morgan fingerprint density at radius 3 is 2.76 bits per heavy atom. The van der Waals surface area contributed by atoms with Crippen LogP contribution in [0.1, 0.15) is 12.5 Å². The van der Waals surface area contributed by atoms with Crippen molar-refractivity contribution in [2.24, 2.45) is 5.92 Å². The molecule has 0 saturated carbocycles. The van der Waals surface area contributed by atoms with Gasteiger partial charge in [0.2, 0.25) is 5.91 Å². The first kappa shape index (κ1) is 12.3. The molecule has 0 saturated heterocycles. The molecule has 1 heterocycles. The molecule has 1 aliphatic rings. The number of hydrogen-bond donors (Lipinski definition) is 1. The largest absolute Gasteiger partial charge is 0.416 e. The van der Waals surface area contributed by atoms with Gasteiger partial charge in [0.05, 0.1) is 11.3 Å². The van der Waals surface area contributed by atoms with E-state index in [2.05, 4.69) is 5.32 Å². The third-order valence-electron chi connectivity index (χ3n) is 2.50. The first-order valence-electron chi connectivity index (χ1n) is 5.03. The number of amides is 1. The minimum Gasteiger partial charge on any atom is -0.325 e. The summed E-state index contributed by atoms with van der Waals surface area (Å²) in [5.74, 6) is 0.123. The zero-order valence-electron chi connectivity index (χ0n) is 8.97. The summed E-state index contributed by atoms with van der Waals surface area (Å²) in [5, 5.41) is 2.62. The van der Waals surface area contributed by atoms with Gasteiger partial charge in [-0.15, -0.1) is 11.8 Å². The van der Waals surface area contributed by atoms with Gasteiger partial charge in [-0.3, -0.25) is 4.79 Å². The topological polar surface area (TPSA) is 29.1 Å². The van der Waals surface area contributed by atoms with Gasteiger partial charge in [0.25, 0.3) is 0 Å². The molecule has 92 valence electrons. The van der Waals surface area contributed by atoms with Crippen molar-refractivity contribution in [3.05, 3.63) is 23.8 Å². The number of hydrogen-bond acceptors (Lipinski definition) is 2. The minimum absolute atomic E-state index is 0.156. The summed E-state index contributed by atoms with van der Waals surface area (Å²) in [7, 11) is 0. The van der Waals surface area contributed by atoms with Gasteiger partial charge >= 0.3 is 6.18 Å². The van der Waals surface area contributed by atoms with Crippen molar-refractivity contribution in [3.63, 3.8) is 0 Å². The Kier molecular flexibility index (Phi) is 3.07. The van der Waals surface area contributed by atoms with E-state index in [0.29, 0.717) is 16.3 Å². The van der Waals surface area contributed by atoms with E-state index in [1.165, 1.54) is 17.8 Å². The Balaban J connectivity index is 2.38. The van der Waals surface area contributed by atoms with Gasteiger partial charge < -0.3 is 5.32 Å². The molecule has 0 bridgehead atoms. The average Bonchev–Trinajstić information content (AvgIpc) is 2.38. The molecule has 1 unspecified atom stereocenters. The summed E-state index contributed by atoms with van der Waals surface area (Å²) in [5.41, 5.74) is -0.232. The molecule has 1 amide bonds. The summed E-state index contributed by atoms with van der Waals surface area (Å²) < 4.78 is 37.5. The molecule has 1 atom stereocenters. The fourth-order valence-electron chi connectivity index (χ4n) is 1.47. The van der Waals surface area contributed by atoms with Crippen molar-refractivity contribution < 1.29 is 18.0 Å². The number of carbonyl (C=O) groups is 1. The SMILES string of the molecule is CC1CSc2cc(C(F)(F)F)ccc2NC1=O.